The molecule has 4 rings (SSSR count). The number of aryl methyl sites for hydroxylation is 1. The molecule has 0 amide bonds. The second kappa shape index (κ2) is 5.99. The summed E-state index contributed by atoms with van der Waals surface area (Å²) >= 11 is 0. The molecule has 0 saturated carbocycles. The summed E-state index contributed by atoms with van der Waals surface area (Å²) in [5.41, 5.74) is 1.70. The van der Waals surface area contributed by atoms with E-state index in [1.165, 1.54) is 6.07 Å². The minimum atomic E-state index is -4.01. The lowest BCUT2D eigenvalue weighted by atomic mass is 9.94. The summed E-state index contributed by atoms with van der Waals surface area (Å²) in [5, 5.41) is 9.59. The number of carbonyl (C=O) groups is 1. The van der Waals surface area contributed by atoms with E-state index in [9.17, 15) is 18.3 Å². The van der Waals surface area contributed by atoms with Gasteiger partial charge in [0.05, 0.1) is 10.6 Å². The molecule has 27 heavy (non-hydrogen) atoms. The molecule has 0 aliphatic carbocycles. The fraction of sp³-hybridized carbons (Fsp3) is 0.350. The van der Waals surface area contributed by atoms with E-state index >= 15 is 0 Å². The van der Waals surface area contributed by atoms with Crippen molar-refractivity contribution in [1.29, 1.82) is 0 Å². The number of para-hydroxylation sites is 1. The van der Waals surface area contributed by atoms with Crippen molar-refractivity contribution in [2.75, 3.05) is 4.31 Å². The number of aliphatic carboxylic acids is 1. The van der Waals surface area contributed by atoms with Crippen LogP contribution in [0.3, 0.4) is 0 Å². The number of carboxylic acids is 1. The Balaban J connectivity index is 1.78. The molecule has 142 valence electrons. The van der Waals surface area contributed by atoms with Gasteiger partial charge in [0.25, 0.3) is 10.0 Å². The smallest absolute Gasteiger partial charge is 0.327 e. The van der Waals surface area contributed by atoms with Gasteiger partial charge in [-0.25, -0.2) is 13.2 Å². The van der Waals surface area contributed by atoms with Gasteiger partial charge < -0.3 is 9.84 Å². The molecule has 7 heteroatoms. The Bertz CT molecular complexity index is 1030. The lowest BCUT2D eigenvalue weighted by Crippen LogP contribution is -2.42. The first-order valence-corrected chi connectivity index (χ1v) is 10.3. The largest absolute Gasteiger partial charge is 0.488 e. The molecule has 1 atom stereocenters. The molecule has 2 aliphatic heterocycles. The summed E-state index contributed by atoms with van der Waals surface area (Å²) in [4.78, 5) is 11.8. The molecule has 0 bridgehead atoms. The van der Waals surface area contributed by atoms with Crippen LogP contribution >= 0.6 is 0 Å². The maximum Gasteiger partial charge on any atom is 0.327 e. The summed E-state index contributed by atoms with van der Waals surface area (Å²) in [7, 11) is -4.01. The zero-order chi connectivity index (χ0) is 19.4. The Kier molecular flexibility index (Phi) is 3.96. The van der Waals surface area contributed by atoms with Crippen LogP contribution in [-0.2, 0) is 27.7 Å². The predicted octanol–water partition coefficient (Wildman–Crippen LogP) is 2.99. The first-order valence-electron chi connectivity index (χ1n) is 8.86. The van der Waals surface area contributed by atoms with Gasteiger partial charge in [0, 0.05) is 6.42 Å². The lowest BCUT2D eigenvalue weighted by molar-refractivity contribution is -0.138. The van der Waals surface area contributed by atoms with Crippen molar-refractivity contribution < 1.29 is 23.1 Å². The van der Waals surface area contributed by atoms with Gasteiger partial charge in [0.1, 0.15) is 17.4 Å². The Morgan fingerprint density at radius 2 is 1.93 bits per heavy atom. The van der Waals surface area contributed by atoms with Gasteiger partial charge in [0.15, 0.2) is 0 Å². The highest BCUT2D eigenvalue weighted by molar-refractivity contribution is 7.93. The van der Waals surface area contributed by atoms with E-state index in [1.54, 1.807) is 36.4 Å². The van der Waals surface area contributed by atoms with Crippen LogP contribution in [0.2, 0.25) is 0 Å². The Morgan fingerprint density at radius 3 is 2.67 bits per heavy atom. The standard InChI is InChI=1S/C20H21NO5S/c1-20(2)10-9-14-11-15(7-8-18(14)26-20)27(24,25)21-16-6-4-3-5-13(16)12-17(21)19(22)23/h3-8,11,17H,9-10,12H2,1-2H3,(H,22,23)/t17-/m0/s1. The highest BCUT2D eigenvalue weighted by atomic mass is 32.2. The quantitative estimate of drug-likeness (QED) is 0.875. The number of ether oxygens (including phenoxy) is 1. The van der Waals surface area contributed by atoms with Gasteiger partial charge in [-0.2, -0.15) is 0 Å². The molecule has 2 aromatic rings. The maximum absolute atomic E-state index is 13.3. The van der Waals surface area contributed by atoms with Gasteiger partial charge in [-0.3, -0.25) is 4.31 Å². The van der Waals surface area contributed by atoms with Crippen LogP contribution in [0.5, 0.6) is 5.75 Å². The predicted molar refractivity (Wildman–Crippen MR) is 101 cm³/mol. The molecule has 1 N–H and O–H groups in total. The number of fused-ring (bicyclic) bond motifs is 2. The van der Waals surface area contributed by atoms with E-state index in [2.05, 4.69) is 0 Å². The Hall–Kier alpha value is -2.54. The molecular weight excluding hydrogens is 366 g/mol. The van der Waals surface area contributed by atoms with Crippen LogP contribution in [0.25, 0.3) is 0 Å². The second-order valence-electron chi connectivity index (χ2n) is 7.62. The highest BCUT2D eigenvalue weighted by Gasteiger charge is 2.42. The number of anilines is 1. The first kappa shape index (κ1) is 17.9. The molecule has 0 unspecified atom stereocenters. The average molecular weight is 387 g/mol. The van der Waals surface area contributed by atoms with Gasteiger partial charge in [-0.15, -0.1) is 0 Å². The van der Waals surface area contributed by atoms with Crippen molar-refractivity contribution in [1.82, 2.24) is 0 Å². The summed E-state index contributed by atoms with van der Waals surface area (Å²) in [5.74, 6) is -0.473. The minimum Gasteiger partial charge on any atom is -0.488 e. The van der Waals surface area contributed by atoms with Crippen molar-refractivity contribution in [3.05, 3.63) is 53.6 Å². The molecule has 2 aromatic carbocycles. The van der Waals surface area contributed by atoms with Crippen LogP contribution < -0.4 is 9.04 Å². The van der Waals surface area contributed by atoms with Gasteiger partial charge in [0.2, 0.25) is 0 Å². The van der Waals surface area contributed by atoms with Crippen LogP contribution in [0.4, 0.5) is 5.69 Å². The van der Waals surface area contributed by atoms with Crippen molar-refractivity contribution >= 4 is 21.7 Å². The first-order chi connectivity index (χ1) is 12.7. The third-order valence-electron chi connectivity index (χ3n) is 5.18. The molecule has 6 nitrogen and oxygen atoms in total. The van der Waals surface area contributed by atoms with Crippen LogP contribution in [0.15, 0.2) is 47.4 Å². The monoisotopic (exact) mass is 387 g/mol. The normalized spacial score (nSPS) is 20.5. The molecule has 0 radical (unpaired) electrons. The molecule has 0 spiro atoms. The number of rotatable bonds is 3. The zero-order valence-corrected chi connectivity index (χ0v) is 16.0. The number of nitrogens with zero attached hydrogens (tertiary/aromatic N) is 1. The SMILES string of the molecule is CC1(C)CCc2cc(S(=O)(=O)N3c4ccccc4C[C@H]3C(=O)O)ccc2O1. The zero-order valence-electron chi connectivity index (χ0n) is 15.2. The van der Waals surface area contributed by atoms with E-state index in [-0.39, 0.29) is 16.9 Å². The molecule has 2 heterocycles. The Morgan fingerprint density at radius 1 is 1.19 bits per heavy atom. The molecular formula is C20H21NO5S. The third-order valence-corrected chi connectivity index (χ3v) is 7.00. The molecule has 0 saturated heterocycles. The van der Waals surface area contributed by atoms with E-state index in [1.807, 2.05) is 13.8 Å². The fourth-order valence-electron chi connectivity index (χ4n) is 3.75. The third kappa shape index (κ3) is 2.96. The van der Waals surface area contributed by atoms with Gasteiger partial charge in [-0.05, 0) is 62.1 Å². The summed E-state index contributed by atoms with van der Waals surface area (Å²) in [6.45, 7) is 4.00. The minimum absolute atomic E-state index is 0.0903. The molecule has 0 fully saturated rings. The number of carboxylic acid groups (broad SMARTS) is 1. The van der Waals surface area contributed by atoms with E-state index in [4.69, 9.17) is 4.74 Å². The number of hydrogen-bond donors (Lipinski definition) is 1. The second-order valence-corrected chi connectivity index (χ2v) is 9.43. The topological polar surface area (TPSA) is 83.9 Å². The van der Waals surface area contributed by atoms with Gasteiger partial charge in [-0.1, -0.05) is 18.2 Å². The highest BCUT2D eigenvalue weighted by Crippen LogP contribution is 2.39. The van der Waals surface area contributed by atoms with Crippen molar-refractivity contribution in [2.45, 2.75) is 49.6 Å². The van der Waals surface area contributed by atoms with Crippen molar-refractivity contribution in [3.8, 4) is 5.75 Å². The van der Waals surface area contributed by atoms with Crippen molar-refractivity contribution in [3.63, 3.8) is 0 Å². The van der Waals surface area contributed by atoms with Crippen molar-refractivity contribution in [2.24, 2.45) is 0 Å². The number of hydrogen-bond acceptors (Lipinski definition) is 4. The summed E-state index contributed by atoms with van der Waals surface area (Å²) < 4.78 is 33.7. The Labute approximate surface area is 158 Å². The molecule has 2 aliphatic rings. The maximum atomic E-state index is 13.3. The summed E-state index contributed by atoms with van der Waals surface area (Å²) in [6.07, 6.45) is 1.66. The van der Waals surface area contributed by atoms with E-state index in [0.29, 0.717) is 17.9 Å². The molecule has 0 aromatic heterocycles. The van der Waals surface area contributed by atoms with E-state index in [0.717, 1.165) is 21.9 Å². The number of sulfonamides is 1. The van der Waals surface area contributed by atoms with Gasteiger partial charge >= 0.3 is 5.97 Å². The van der Waals surface area contributed by atoms with E-state index < -0.39 is 22.0 Å². The number of benzene rings is 2. The van der Waals surface area contributed by atoms with Crippen LogP contribution in [-0.4, -0.2) is 31.1 Å². The lowest BCUT2D eigenvalue weighted by Gasteiger charge is -2.33. The fourth-order valence-corrected chi connectivity index (χ4v) is 5.45. The summed E-state index contributed by atoms with van der Waals surface area (Å²) in [6, 6.07) is 10.6. The van der Waals surface area contributed by atoms with Crippen LogP contribution in [0, 0.1) is 0 Å². The average Bonchev–Trinajstić information content (AvgIpc) is 3.01. The van der Waals surface area contributed by atoms with Crippen LogP contribution in [0.1, 0.15) is 31.4 Å².